The lowest BCUT2D eigenvalue weighted by molar-refractivity contribution is -0.136. The van der Waals surface area contributed by atoms with Crippen LogP contribution in [-0.2, 0) is 18.4 Å². The SMILES string of the molecule is CCCCC(CC)COP(=O)(OCC(CC)CCCC)C(NCC(=O)O)c1ccccc1. The number of hydrogen-bond donors (Lipinski definition) is 2. The molecular formula is C25H44NO5P. The minimum Gasteiger partial charge on any atom is -0.480 e. The zero-order chi connectivity index (χ0) is 23.8. The van der Waals surface area contributed by atoms with Crippen LogP contribution in [0.15, 0.2) is 30.3 Å². The maximum absolute atomic E-state index is 14.2. The number of aliphatic carboxylic acids is 1. The molecule has 0 aliphatic heterocycles. The van der Waals surface area contributed by atoms with Crippen molar-refractivity contribution in [1.29, 1.82) is 0 Å². The Balaban J connectivity index is 3.14. The van der Waals surface area contributed by atoms with Gasteiger partial charge in [-0.25, -0.2) is 0 Å². The molecule has 0 fully saturated rings. The number of rotatable bonds is 19. The molecule has 2 N–H and O–H groups in total. The minimum absolute atomic E-state index is 0.296. The summed E-state index contributed by atoms with van der Waals surface area (Å²) in [5.41, 5.74) is 0.709. The van der Waals surface area contributed by atoms with E-state index in [1.807, 2.05) is 30.3 Å². The molecular weight excluding hydrogens is 425 g/mol. The van der Waals surface area contributed by atoms with Crippen molar-refractivity contribution in [2.75, 3.05) is 19.8 Å². The Bertz CT molecular complexity index is 646. The van der Waals surface area contributed by atoms with Gasteiger partial charge in [0.2, 0.25) is 0 Å². The molecule has 32 heavy (non-hydrogen) atoms. The Labute approximate surface area is 195 Å². The number of unbranched alkanes of at least 4 members (excludes halogenated alkanes) is 2. The van der Waals surface area contributed by atoms with Crippen LogP contribution in [0.25, 0.3) is 0 Å². The maximum atomic E-state index is 14.2. The highest BCUT2D eigenvalue weighted by atomic mass is 31.2. The van der Waals surface area contributed by atoms with Crippen LogP contribution in [0.5, 0.6) is 0 Å². The second-order valence-electron chi connectivity index (χ2n) is 8.55. The molecule has 1 aromatic rings. The van der Waals surface area contributed by atoms with E-state index in [0.29, 0.717) is 30.6 Å². The fourth-order valence-corrected chi connectivity index (χ4v) is 5.69. The number of carbonyl (C=O) groups is 1. The molecule has 3 atom stereocenters. The number of hydrogen-bond acceptors (Lipinski definition) is 5. The zero-order valence-corrected chi connectivity index (χ0v) is 21.3. The average Bonchev–Trinajstić information content (AvgIpc) is 2.80. The van der Waals surface area contributed by atoms with Gasteiger partial charge in [-0.2, -0.15) is 0 Å². The van der Waals surface area contributed by atoms with E-state index in [2.05, 4.69) is 33.0 Å². The lowest BCUT2D eigenvalue weighted by Gasteiger charge is -2.30. The van der Waals surface area contributed by atoms with E-state index in [1.165, 1.54) is 0 Å². The molecule has 0 aliphatic rings. The Hall–Kier alpha value is -1.20. The highest BCUT2D eigenvalue weighted by molar-refractivity contribution is 7.54. The molecule has 1 rings (SSSR count). The fourth-order valence-electron chi connectivity index (χ4n) is 3.63. The summed E-state index contributed by atoms with van der Waals surface area (Å²) in [5, 5.41) is 12.2. The van der Waals surface area contributed by atoms with E-state index in [1.54, 1.807) is 0 Å². The lowest BCUT2D eigenvalue weighted by Crippen LogP contribution is -2.29. The van der Waals surface area contributed by atoms with Gasteiger partial charge in [0.1, 0.15) is 5.78 Å². The van der Waals surface area contributed by atoms with Crippen LogP contribution >= 0.6 is 7.60 Å². The zero-order valence-electron chi connectivity index (χ0n) is 20.4. The third kappa shape index (κ3) is 10.6. The predicted molar refractivity (Wildman–Crippen MR) is 131 cm³/mol. The van der Waals surface area contributed by atoms with Gasteiger partial charge in [0, 0.05) is 0 Å². The van der Waals surface area contributed by atoms with Crippen molar-refractivity contribution in [2.45, 2.75) is 84.8 Å². The Morgan fingerprint density at radius 2 is 1.44 bits per heavy atom. The molecule has 0 aromatic heterocycles. The predicted octanol–water partition coefficient (Wildman–Crippen LogP) is 7.02. The van der Waals surface area contributed by atoms with Crippen LogP contribution < -0.4 is 5.32 Å². The van der Waals surface area contributed by atoms with Crippen LogP contribution in [0, 0.1) is 11.8 Å². The normalized spacial score (nSPS) is 16.2. The topological polar surface area (TPSA) is 84.9 Å². The molecule has 1 aromatic carbocycles. The number of benzene rings is 1. The van der Waals surface area contributed by atoms with Crippen LogP contribution in [0.2, 0.25) is 0 Å². The van der Waals surface area contributed by atoms with Crippen LogP contribution in [0.1, 0.15) is 90.4 Å². The molecule has 0 saturated carbocycles. The number of carboxylic acid groups (broad SMARTS) is 1. The molecule has 0 bridgehead atoms. The molecule has 184 valence electrons. The van der Waals surface area contributed by atoms with Gasteiger partial charge in [0.25, 0.3) is 0 Å². The van der Waals surface area contributed by atoms with E-state index in [-0.39, 0.29) is 6.54 Å². The molecule has 0 aliphatic carbocycles. The first-order valence-electron chi connectivity index (χ1n) is 12.3. The smallest absolute Gasteiger partial charge is 0.351 e. The highest BCUT2D eigenvalue weighted by Gasteiger charge is 2.38. The van der Waals surface area contributed by atoms with Crippen molar-refractivity contribution in [3.8, 4) is 0 Å². The van der Waals surface area contributed by atoms with Gasteiger partial charge < -0.3 is 14.2 Å². The van der Waals surface area contributed by atoms with Crippen molar-refractivity contribution in [2.24, 2.45) is 11.8 Å². The molecule has 0 heterocycles. The van der Waals surface area contributed by atoms with Crippen molar-refractivity contribution >= 4 is 13.6 Å². The summed E-state index contributed by atoms with van der Waals surface area (Å²) >= 11 is 0. The monoisotopic (exact) mass is 469 g/mol. The van der Waals surface area contributed by atoms with E-state index in [9.17, 15) is 14.5 Å². The second kappa shape index (κ2) is 16.4. The van der Waals surface area contributed by atoms with Crippen molar-refractivity contribution in [3.63, 3.8) is 0 Å². The van der Waals surface area contributed by atoms with Gasteiger partial charge in [0.15, 0.2) is 0 Å². The van der Waals surface area contributed by atoms with Gasteiger partial charge in [-0.3, -0.25) is 14.7 Å². The summed E-state index contributed by atoms with van der Waals surface area (Å²) in [4.78, 5) is 11.3. The van der Waals surface area contributed by atoms with Crippen LogP contribution in [0.3, 0.4) is 0 Å². The summed E-state index contributed by atoms with van der Waals surface area (Å²) in [5.74, 6) is -1.25. The average molecular weight is 470 g/mol. The highest BCUT2D eigenvalue weighted by Crippen LogP contribution is 2.60. The standard InChI is InChI=1S/C25H44NO5P/c1-5-9-14-21(7-3)19-30-32(29,31-20-22(8-4)15-10-6-2)25(26-18-24(27)28)23-16-12-11-13-17-23/h11-13,16-17,21-22,25-26H,5-10,14-15,18-20H2,1-4H3,(H,27,28). The van der Waals surface area contributed by atoms with E-state index < -0.39 is 19.3 Å². The summed E-state index contributed by atoms with van der Waals surface area (Å²) in [7, 11) is -3.68. The first-order chi connectivity index (χ1) is 15.4. The summed E-state index contributed by atoms with van der Waals surface area (Å²) < 4.78 is 26.4. The number of carboxylic acids is 1. The van der Waals surface area contributed by atoms with E-state index in [4.69, 9.17) is 9.05 Å². The van der Waals surface area contributed by atoms with Crippen LogP contribution in [-0.4, -0.2) is 30.8 Å². The number of nitrogens with one attached hydrogen (secondary N) is 1. The summed E-state index contributed by atoms with van der Waals surface area (Å²) in [6.07, 6.45) is 8.31. The van der Waals surface area contributed by atoms with Crippen molar-refractivity contribution in [1.82, 2.24) is 5.32 Å². The first kappa shape index (κ1) is 28.8. The maximum Gasteiger partial charge on any atom is 0.351 e. The summed E-state index contributed by atoms with van der Waals surface area (Å²) in [6.45, 7) is 8.91. The Morgan fingerprint density at radius 3 is 1.84 bits per heavy atom. The Kier molecular flexibility index (Phi) is 14.8. The van der Waals surface area contributed by atoms with Crippen molar-refractivity contribution in [3.05, 3.63) is 35.9 Å². The largest absolute Gasteiger partial charge is 0.480 e. The summed E-state index contributed by atoms with van der Waals surface area (Å²) in [6, 6.07) is 9.24. The molecule has 3 unspecified atom stereocenters. The van der Waals surface area contributed by atoms with E-state index >= 15 is 0 Å². The van der Waals surface area contributed by atoms with Crippen LogP contribution in [0.4, 0.5) is 0 Å². The van der Waals surface area contributed by atoms with Gasteiger partial charge in [-0.15, -0.1) is 0 Å². The van der Waals surface area contributed by atoms with Gasteiger partial charge in [-0.1, -0.05) is 96.6 Å². The molecule has 0 radical (unpaired) electrons. The second-order valence-corrected chi connectivity index (χ2v) is 10.7. The fraction of sp³-hybridized carbons (Fsp3) is 0.720. The third-order valence-electron chi connectivity index (χ3n) is 5.95. The van der Waals surface area contributed by atoms with E-state index in [0.717, 1.165) is 51.4 Å². The lowest BCUT2D eigenvalue weighted by atomic mass is 10.0. The molecule has 0 amide bonds. The molecule has 7 heteroatoms. The van der Waals surface area contributed by atoms with Crippen molar-refractivity contribution < 1.29 is 23.5 Å². The molecule has 6 nitrogen and oxygen atoms in total. The molecule has 0 saturated heterocycles. The van der Waals surface area contributed by atoms with Gasteiger partial charge in [-0.05, 0) is 30.2 Å². The van der Waals surface area contributed by atoms with Gasteiger partial charge in [0.05, 0.1) is 19.8 Å². The minimum atomic E-state index is -3.68. The third-order valence-corrected chi connectivity index (χ3v) is 8.08. The quantitative estimate of drug-likeness (QED) is 0.212. The Morgan fingerprint density at radius 1 is 0.938 bits per heavy atom. The molecule has 0 spiro atoms. The first-order valence-corrected chi connectivity index (χ1v) is 13.9. The van der Waals surface area contributed by atoms with Gasteiger partial charge >= 0.3 is 13.6 Å².